The van der Waals surface area contributed by atoms with Crippen molar-refractivity contribution in [1.82, 2.24) is 5.32 Å². The number of anilines is 1. The molecule has 1 aliphatic carbocycles. The van der Waals surface area contributed by atoms with Gasteiger partial charge in [-0.05, 0) is 44.2 Å². The molecule has 4 nitrogen and oxygen atoms in total. The van der Waals surface area contributed by atoms with Crippen molar-refractivity contribution in [2.45, 2.75) is 56.9 Å². The summed E-state index contributed by atoms with van der Waals surface area (Å²) in [4.78, 5) is 14.6. The minimum atomic E-state index is 0.00154. The predicted molar refractivity (Wildman–Crippen MR) is 88.2 cm³/mol. The molecular weight excluding hydrogens is 276 g/mol. The van der Waals surface area contributed by atoms with Crippen LogP contribution in [0.15, 0.2) is 24.3 Å². The number of urea groups is 1. The van der Waals surface area contributed by atoms with Gasteiger partial charge in [-0.25, -0.2) is 4.79 Å². The highest BCUT2D eigenvalue weighted by Gasteiger charge is 2.46. The Hall–Kier alpha value is -1.55. The standard InChI is InChI=1S/C18H26N2O2/c1-14(7-6-12-21)19-17(22)20-13-18(10-4-5-11-18)15-8-2-3-9-16(15)20/h2-3,8-9,14,21H,4-7,10-13H2,1H3,(H,19,22). The lowest BCUT2D eigenvalue weighted by molar-refractivity contribution is 0.238. The molecule has 2 amide bonds. The zero-order valence-electron chi connectivity index (χ0n) is 13.3. The van der Waals surface area contributed by atoms with Crippen molar-refractivity contribution in [3.05, 3.63) is 29.8 Å². The van der Waals surface area contributed by atoms with E-state index < -0.39 is 0 Å². The maximum absolute atomic E-state index is 12.7. The molecule has 1 aromatic carbocycles. The molecule has 3 rings (SSSR count). The highest BCUT2D eigenvalue weighted by Crippen LogP contribution is 2.50. The van der Waals surface area contributed by atoms with Crippen molar-refractivity contribution in [1.29, 1.82) is 0 Å². The SMILES string of the molecule is CC(CCCO)NC(=O)N1CC2(CCCC2)c2ccccc21. The summed E-state index contributed by atoms with van der Waals surface area (Å²) in [5, 5.41) is 12.0. The summed E-state index contributed by atoms with van der Waals surface area (Å²) < 4.78 is 0. The van der Waals surface area contributed by atoms with Gasteiger partial charge < -0.3 is 10.4 Å². The highest BCUT2D eigenvalue weighted by molar-refractivity contribution is 5.95. The maximum atomic E-state index is 12.7. The first-order valence-corrected chi connectivity index (χ1v) is 8.45. The van der Waals surface area contributed by atoms with E-state index in [2.05, 4.69) is 23.5 Å². The number of benzene rings is 1. The van der Waals surface area contributed by atoms with E-state index in [0.29, 0.717) is 0 Å². The van der Waals surface area contributed by atoms with Crippen molar-refractivity contribution < 1.29 is 9.90 Å². The van der Waals surface area contributed by atoms with Crippen molar-refractivity contribution in [2.24, 2.45) is 0 Å². The third kappa shape index (κ3) is 2.72. The minimum Gasteiger partial charge on any atom is -0.396 e. The minimum absolute atomic E-state index is 0.00154. The van der Waals surface area contributed by atoms with E-state index in [1.165, 1.54) is 31.2 Å². The number of aliphatic hydroxyl groups is 1. The molecular formula is C18H26N2O2. The number of carbonyl (C=O) groups is 1. The zero-order chi connectivity index (χ0) is 15.6. The van der Waals surface area contributed by atoms with Crippen LogP contribution in [0.25, 0.3) is 0 Å². The van der Waals surface area contributed by atoms with Crippen LogP contribution >= 0.6 is 0 Å². The van der Waals surface area contributed by atoms with E-state index in [-0.39, 0.29) is 24.1 Å². The summed E-state index contributed by atoms with van der Waals surface area (Å²) in [6, 6.07) is 8.46. The Balaban J connectivity index is 1.76. The summed E-state index contributed by atoms with van der Waals surface area (Å²) in [5.74, 6) is 0. The normalized spacial score (nSPS) is 20.2. The number of amides is 2. The molecule has 120 valence electrons. The van der Waals surface area contributed by atoms with Gasteiger partial charge in [0.25, 0.3) is 0 Å². The molecule has 2 N–H and O–H groups in total. The smallest absolute Gasteiger partial charge is 0.322 e. The fourth-order valence-electron chi connectivity index (χ4n) is 4.05. The molecule has 1 aromatic rings. The van der Waals surface area contributed by atoms with Crippen molar-refractivity contribution in [3.8, 4) is 0 Å². The van der Waals surface area contributed by atoms with E-state index >= 15 is 0 Å². The van der Waals surface area contributed by atoms with Gasteiger partial charge in [0.1, 0.15) is 0 Å². The van der Waals surface area contributed by atoms with Gasteiger partial charge in [-0.2, -0.15) is 0 Å². The van der Waals surface area contributed by atoms with Gasteiger partial charge in [0, 0.05) is 30.3 Å². The molecule has 0 radical (unpaired) electrons. The van der Waals surface area contributed by atoms with Crippen LogP contribution in [0.1, 0.15) is 51.0 Å². The Morgan fingerprint density at radius 2 is 2.09 bits per heavy atom. The molecule has 1 spiro atoms. The number of para-hydroxylation sites is 1. The largest absolute Gasteiger partial charge is 0.396 e. The average molecular weight is 302 g/mol. The van der Waals surface area contributed by atoms with Crippen LogP contribution < -0.4 is 10.2 Å². The number of aliphatic hydroxyl groups excluding tert-OH is 1. The Morgan fingerprint density at radius 3 is 2.82 bits per heavy atom. The monoisotopic (exact) mass is 302 g/mol. The zero-order valence-corrected chi connectivity index (χ0v) is 13.3. The molecule has 1 unspecified atom stereocenters. The molecule has 0 aromatic heterocycles. The van der Waals surface area contributed by atoms with Crippen molar-refractivity contribution in [3.63, 3.8) is 0 Å². The Bertz CT molecular complexity index is 538. The lowest BCUT2D eigenvalue weighted by Gasteiger charge is -2.25. The average Bonchev–Trinajstić information content (AvgIpc) is 3.12. The fourth-order valence-corrected chi connectivity index (χ4v) is 4.05. The van der Waals surface area contributed by atoms with Crippen LogP contribution in [0.3, 0.4) is 0 Å². The number of nitrogens with zero attached hydrogens (tertiary/aromatic N) is 1. The third-order valence-electron chi connectivity index (χ3n) is 5.20. The molecule has 1 aliphatic heterocycles. The molecule has 1 fully saturated rings. The van der Waals surface area contributed by atoms with Crippen LogP contribution in [0.4, 0.5) is 10.5 Å². The number of fused-ring (bicyclic) bond motifs is 2. The number of rotatable bonds is 4. The van der Waals surface area contributed by atoms with Crippen LogP contribution in [-0.4, -0.2) is 30.3 Å². The molecule has 1 heterocycles. The lowest BCUT2D eigenvalue weighted by atomic mass is 9.81. The van der Waals surface area contributed by atoms with Gasteiger partial charge in [-0.3, -0.25) is 4.90 Å². The quantitative estimate of drug-likeness (QED) is 0.897. The second-order valence-electron chi connectivity index (χ2n) is 6.81. The van der Waals surface area contributed by atoms with E-state index in [4.69, 9.17) is 5.11 Å². The van der Waals surface area contributed by atoms with Crippen LogP contribution in [-0.2, 0) is 5.41 Å². The number of hydrogen-bond donors (Lipinski definition) is 2. The van der Waals surface area contributed by atoms with Crippen LogP contribution in [0.5, 0.6) is 0 Å². The van der Waals surface area contributed by atoms with Gasteiger partial charge >= 0.3 is 6.03 Å². The summed E-state index contributed by atoms with van der Waals surface area (Å²) >= 11 is 0. The molecule has 4 heteroatoms. The van der Waals surface area contributed by atoms with Crippen LogP contribution in [0.2, 0.25) is 0 Å². The van der Waals surface area contributed by atoms with E-state index in [1.54, 1.807) is 0 Å². The van der Waals surface area contributed by atoms with Gasteiger partial charge in [-0.15, -0.1) is 0 Å². The highest BCUT2D eigenvalue weighted by atomic mass is 16.3. The third-order valence-corrected chi connectivity index (χ3v) is 5.20. The molecule has 1 saturated carbocycles. The summed E-state index contributed by atoms with van der Waals surface area (Å²) in [6.07, 6.45) is 6.43. The number of nitrogens with one attached hydrogen (secondary N) is 1. The number of hydrogen-bond acceptors (Lipinski definition) is 2. The Morgan fingerprint density at radius 1 is 1.36 bits per heavy atom. The first kappa shape index (κ1) is 15.3. The van der Waals surface area contributed by atoms with E-state index in [9.17, 15) is 4.79 Å². The summed E-state index contributed by atoms with van der Waals surface area (Å²) in [7, 11) is 0. The fraction of sp³-hybridized carbons (Fsp3) is 0.611. The molecule has 22 heavy (non-hydrogen) atoms. The second-order valence-corrected chi connectivity index (χ2v) is 6.81. The van der Waals surface area contributed by atoms with E-state index in [1.807, 2.05) is 17.9 Å². The first-order valence-electron chi connectivity index (χ1n) is 8.45. The molecule has 2 aliphatic rings. The maximum Gasteiger partial charge on any atom is 0.322 e. The van der Waals surface area contributed by atoms with Crippen molar-refractivity contribution >= 4 is 11.7 Å². The Kier molecular flexibility index (Phi) is 4.39. The second kappa shape index (κ2) is 6.29. The molecule has 0 saturated heterocycles. The predicted octanol–water partition coefficient (Wildman–Crippen LogP) is 3.19. The molecule has 0 bridgehead atoms. The molecule has 1 atom stereocenters. The van der Waals surface area contributed by atoms with Gasteiger partial charge in [0.15, 0.2) is 0 Å². The summed E-state index contributed by atoms with van der Waals surface area (Å²) in [6.45, 7) is 2.99. The van der Waals surface area contributed by atoms with Crippen LogP contribution in [0, 0.1) is 0 Å². The van der Waals surface area contributed by atoms with E-state index in [0.717, 1.165) is 25.1 Å². The topological polar surface area (TPSA) is 52.6 Å². The lowest BCUT2D eigenvalue weighted by Crippen LogP contribution is -2.45. The van der Waals surface area contributed by atoms with Crippen molar-refractivity contribution in [2.75, 3.05) is 18.1 Å². The Labute approximate surface area is 132 Å². The number of carbonyl (C=O) groups excluding carboxylic acids is 1. The first-order chi connectivity index (χ1) is 10.7. The van der Waals surface area contributed by atoms with Gasteiger partial charge in [-0.1, -0.05) is 31.0 Å². The van der Waals surface area contributed by atoms with Gasteiger partial charge in [0.05, 0.1) is 0 Å². The summed E-state index contributed by atoms with van der Waals surface area (Å²) in [5.41, 5.74) is 2.62. The van der Waals surface area contributed by atoms with Gasteiger partial charge in [0.2, 0.25) is 0 Å².